The maximum Gasteiger partial charge on any atom is 0.212 e. The van der Waals surface area contributed by atoms with Crippen molar-refractivity contribution < 1.29 is 4.42 Å². The summed E-state index contributed by atoms with van der Waals surface area (Å²) in [5.41, 5.74) is 0.447. The monoisotopic (exact) mass is 193 g/mol. The van der Waals surface area contributed by atoms with Gasteiger partial charge in [0.1, 0.15) is 24.5 Å². The number of nitrogens with zero attached hydrogens (tertiary/aromatic N) is 3. The number of rotatable bonds is 0. The normalized spacial score (nSPS) is 9.13. The number of furan rings is 1. The predicted molar refractivity (Wildman–Crippen MR) is 50.4 cm³/mol. The van der Waals surface area contributed by atoms with Gasteiger partial charge in [0.05, 0.1) is 16.5 Å². The molecular weight excluding hydrogens is 190 g/mol. The predicted octanol–water partition coefficient (Wildman–Crippen LogP) is 2.05. The fourth-order valence-corrected chi connectivity index (χ4v) is 1.43. The van der Waals surface area contributed by atoms with E-state index >= 15 is 0 Å². The highest BCUT2D eigenvalue weighted by atomic mass is 16.3. The molecule has 0 saturated carbocycles. The second-order valence-corrected chi connectivity index (χ2v) is 2.85. The van der Waals surface area contributed by atoms with E-state index in [1.807, 2.05) is 18.2 Å². The molecule has 0 spiro atoms. The van der Waals surface area contributed by atoms with E-state index in [4.69, 9.17) is 20.2 Å². The maximum absolute atomic E-state index is 8.93. The molecule has 2 rings (SSSR count). The average molecular weight is 193 g/mol. The topological polar surface area (TPSA) is 84.5 Å². The second kappa shape index (κ2) is 3.18. The number of hydrogen-bond donors (Lipinski definition) is 0. The molecule has 1 heterocycles. The van der Waals surface area contributed by atoms with Crippen LogP contribution < -0.4 is 0 Å². The van der Waals surface area contributed by atoms with Crippen molar-refractivity contribution >= 4 is 10.8 Å². The van der Waals surface area contributed by atoms with Gasteiger partial charge >= 0.3 is 0 Å². The molecule has 0 amide bonds. The van der Waals surface area contributed by atoms with Crippen molar-refractivity contribution in [2.75, 3.05) is 0 Å². The Morgan fingerprint density at radius 3 is 2.40 bits per heavy atom. The van der Waals surface area contributed by atoms with Crippen LogP contribution in [-0.2, 0) is 0 Å². The van der Waals surface area contributed by atoms with E-state index in [1.54, 1.807) is 6.07 Å². The summed E-state index contributed by atoms with van der Waals surface area (Å²) < 4.78 is 4.98. The second-order valence-electron chi connectivity index (χ2n) is 2.85. The lowest BCUT2D eigenvalue weighted by Crippen LogP contribution is -1.85. The third kappa shape index (κ3) is 1.12. The first-order valence-corrected chi connectivity index (χ1v) is 4.06. The van der Waals surface area contributed by atoms with Crippen molar-refractivity contribution in [1.82, 2.24) is 0 Å². The minimum atomic E-state index is 0.0682. The third-order valence-electron chi connectivity index (χ3n) is 2.10. The molecule has 4 heteroatoms. The summed E-state index contributed by atoms with van der Waals surface area (Å²) in [5.74, 6) is 0.0682. The first-order chi connectivity index (χ1) is 7.31. The van der Waals surface area contributed by atoms with Gasteiger partial charge in [-0.25, -0.2) is 0 Å². The molecule has 1 aromatic carbocycles. The molecule has 0 bridgehead atoms. The molecule has 2 aromatic rings. The molecule has 0 fully saturated rings. The van der Waals surface area contributed by atoms with Crippen LogP contribution in [0.5, 0.6) is 0 Å². The van der Waals surface area contributed by atoms with Gasteiger partial charge in [-0.2, -0.15) is 15.8 Å². The molecule has 0 aliphatic rings. The van der Waals surface area contributed by atoms with Gasteiger partial charge in [-0.1, -0.05) is 0 Å². The number of benzene rings is 1. The molecule has 0 unspecified atom stereocenters. The smallest absolute Gasteiger partial charge is 0.212 e. The molecule has 68 valence electrons. The van der Waals surface area contributed by atoms with Gasteiger partial charge in [0.25, 0.3) is 0 Å². The minimum absolute atomic E-state index is 0.0682. The van der Waals surface area contributed by atoms with Crippen LogP contribution in [0.3, 0.4) is 0 Å². The SMILES string of the molecule is N#Cc1ccc2coc(C#N)c2c1C#N. The molecule has 1 aromatic heterocycles. The maximum atomic E-state index is 8.93. The van der Waals surface area contributed by atoms with Crippen LogP contribution in [0.4, 0.5) is 0 Å². The fourth-order valence-electron chi connectivity index (χ4n) is 1.43. The first kappa shape index (κ1) is 8.81. The van der Waals surface area contributed by atoms with Crippen LogP contribution in [0.2, 0.25) is 0 Å². The number of hydrogen-bond acceptors (Lipinski definition) is 4. The van der Waals surface area contributed by atoms with E-state index in [9.17, 15) is 0 Å². The largest absolute Gasteiger partial charge is 0.453 e. The van der Waals surface area contributed by atoms with Crippen LogP contribution in [0.1, 0.15) is 16.9 Å². The van der Waals surface area contributed by atoms with E-state index in [1.165, 1.54) is 12.3 Å². The van der Waals surface area contributed by atoms with Crippen molar-refractivity contribution in [1.29, 1.82) is 15.8 Å². The Balaban J connectivity index is 3.01. The van der Waals surface area contributed by atoms with Crippen LogP contribution in [0.25, 0.3) is 10.8 Å². The third-order valence-corrected chi connectivity index (χ3v) is 2.10. The lowest BCUT2D eigenvalue weighted by molar-refractivity contribution is 0.558. The molecule has 0 aliphatic heterocycles. The van der Waals surface area contributed by atoms with Gasteiger partial charge in [-0.3, -0.25) is 0 Å². The molecular formula is C11H3N3O. The molecule has 0 aliphatic carbocycles. The summed E-state index contributed by atoms with van der Waals surface area (Å²) >= 11 is 0. The highest BCUT2D eigenvalue weighted by molar-refractivity contribution is 5.93. The van der Waals surface area contributed by atoms with E-state index in [2.05, 4.69) is 0 Å². The van der Waals surface area contributed by atoms with E-state index in [0.717, 1.165) is 0 Å². The van der Waals surface area contributed by atoms with Gasteiger partial charge in [0, 0.05) is 5.39 Å². The molecule has 0 radical (unpaired) electrons. The van der Waals surface area contributed by atoms with Gasteiger partial charge in [-0.05, 0) is 12.1 Å². The highest BCUT2D eigenvalue weighted by Crippen LogP contribution is 2.26. The zero-order valence-corrected chi connectivity index (χ0v) is 7.48. The summed E-state index contributed by atoms with van der Waals surface area (Å²) in [4.78, 5) is 0. The van der Waals surface area contributed by atoms with Gasteiger partial charge in [0.15, 0.2) is 0 Å². The van der Waals surface area contributed by atoms with Crippen molar-refractivity contribution in [2.45, 2.75) is 0 Å². The number of fused-ring (bicyclic) bond motifs is 1. The Morgan fingerprint density at radius 2 is 1.80 bits per heavy atom. The summed E-state index contributed by atoms with van der Waals surface area (Å²) in [7, 11) is 0. The minimum Gasteiger partial charge on any atom is -0.453 e. The summed E-state index contributed by atoms with van der Waals surface area (Å²) in [6, 6.07) is 8.86. The Bertz CT molecular complexity index is 662. The van der Waals surface area contributed by atoms with Crippen LogP contribution in [-0.4, -0.2) is 0 Å². The zero-order valence-electron chi connectivity index (χ0n) is 7.48. The Labute approximate surface area is 85.2 Å². The number of nitriles is 3. The van der Waals surface area contributed by atoms with E-state index in [0.29, 0.717) is 10.8 Å². The lowest BCUT2D eigenvalue weighted by Gasteiger charge is -1.95. The Hall–Kier alpha value is -2.77. The van der Waals surface area contributed by atoms with Crippen LogP contribution in [0.15, 0.2) is 22.8 Å². The van der Waals surface area contributed by atoms with Crippen molar-refractivity contribution in [2.24, 2.45) is 0 Å². The molecule has 4 nitrogen and oxygen atoms in total. The molecule has 0 saturated heterocycles. The standard InChI is InChI=1S/C11H3N3O/c12-3-7-1-2-8-6-15-10(5-14)11(8)9(7)4-13/h1-2,6H. The van der Waals surface area contributed by atoms with Crippen molar-refractivity contribution in [3.05, 3.63) is 35.3 Å². The zero-order chi connectivity index (χ0) is 10.8. The van der Waals surface area contributed by atoms with Gasteiger partial charge in [-0.15, -0.1) is 0 Å². The quantitative estimate of drug-likeness (QED) is 0.640. The highest BCUT2D eigenvalue weighted by Gasteiger charge is 2.13. The average Bonchev–Trinajstić information content (AvgIpc) is 2.70. The summed E-state index contributed by atoms with van der Waals surface area (Å²) in [6.45, 7) is 0. The Kier molecular flexibility index (Phi) is 1.87. The molecule has 0 N–H and O–H groups in total. The fraction of sp³-hybridized carbons (Fsp3) is 0. The van der Waals surface area contributed by atoms with Crippen molar-refractivity contribution in [3.63, 3.8) is 0 Å². The van der Waals surface area contributed by atoms with Gasteiger partial charge < -0.3 is 4.42 Å². The lowest BCUT2D eigenvalue weighted by atomic mass is 10.0. The molecule has 15 heavy (non-hydrogen) atoms. The van der Waals surface area contributed by atoms with Crippen molar-refractivity contribution in [3.8, 4) is 18.2 Å². The Morgan fingerprint density at radius 1 is 1.00 bits per heavy atom. The first-order valence-electron chi connectivity index (χ1n) is 4.06. The van der Waals surface area contributed by atoms with Crippen LogP contribution >= 0.6 is 0 Å². The summed E-state index contributed by atoms with van der Waals surface area (Å²) in [6.07, 6.45) is 1.40. The molecule has 0 atom stereocenters. The van der Waals surface area contributed by atoms with E-state index in [-0.39, 0.29) is 16.9 Å². The van der Waals surface area contributed by atoms with Gasteiger partial charge in [0.2, 0.25) is 5.76 Å². The summed E-state index contributed by atoms with van der Waals surface area (Å²) in [5, 5.41) is 27.6. The van der Waals surface area contributed by atoms with Crippen LogP contribution in [0, 0.1) is 34.0 Å². The van der Waals surface area contributed by atoms with E-state index < -0.39 is 0 Å².